The Balaban J connectivity index is 0.00000385. The van der Waals surface area contributed by atoms with E-state index in [1.807, 2.05) is 0 Å². The smallest absolute Gasteiger partial charge is 0.147 e. The molecule has 2 aromatic carbocycles. The van der Waals surface area contributed by atoms with Gasteiger partial charge in [0.2, 0.25) is 0 Å². The van der Waals surface area contributed by atoms with Gasteiger partial charge in [0.05, 0.1) is 0 Å². The van der Waals surface area contributed by atoms with E-state index in [-0.39, 0.29) is 23.2 Å². The Morgan fingerprint density at radius 3 is 1.52 bits per heavy atom. The van der Waals surface area contributed by atoms with Gasteiger partial charge in [-0.15, -0.1) is 12.4 Å². The van der Waals surface area contributed by atoms with Gasteiger partial charge in [0.1, 0.15) is 0 Å². The van der Waals surface area contributed by atoms with Crippen molar-refractivity contribution >= 4 is 19.6 Å². The molecule has 0 radical (unpaired) electrons. The van der Waals surface area contributed by atoms with E-state index in [0.29, 0.717) is 0 Å². The maximum Gasteiger partial charge on any atom is -0.147 e. The summed E-state index contributed by atoms with van der Waals surface area (Å²) in [6, 6.07) is 13.3. The quantitative estimate of drug-likeness (QED) is 0.347. The number of hydrogen-bond acceptors (Lipinski definition) is 2. The van der Waals surface area contributed by atoms with E-state index in [1.54, 1.807) is 0 Å². The molecule has 5 heteroatoms. The first-order chi connectivity index (χ1) is 14.9. The molecule has 0 bridgehead atoms. The molecule has 0 saturated heterocycles. The number of aryl methyl sites for hydroxylation is 2. The Kier molecular flexibility index (Phi) is 10.2. The summed E-state index contributed by atoms with van der Waals surface area (Å²) in [7, 11) is 0.770. The molecule has 33 heavy (non-hydrogen) atoms. The molecule has 1 aliphatic rings. The summed E-state index contributed by atoms with van der Waals surface area (Å²) in [5, 5.41) is 0. The molecule has 1 saturated carbocycles. The van der Waals surface area contributed by atoms with Crippen molar-refractivity contribution in [2.45, 2.75) is 104 Å². The zero-order valence-electron chi connectivity index (χ0n) is 21.7. The molecular formula is C28H43ClCrO2P. The first-order valence-electron chi connectivity index (χ1n) is 12.0. The molecule has 1 fully saturated rings. The monoisotopic (exact) mass is 529 g/mol. The van der Waals surface area contributed by atoms with Gasteiger partial charge in [-0.25, -0.2) is 0 Å². The summed E-state index contributed by atoms with van der Waals surface area (Å²) in [4.78, 5) is 0. The van der Waals surface area contributed by atoms with Crippen molar-refractivity contribution in [3.05, 3.63) is 58.7 Å². The molecule has 1 atom stereocenters. The van der Waals surface area contributed by atoms with Crippen molar-refractivity contribution in [2.75, 3.05) is 0 Å². The maximum absolute atomic E-state index is 6.69. The van der Waals surface area contributed by atoms with Gasteiger partial charge in [-0.3, -0.25) is 0 Å². The minimum Gasteiger partial charge on any atom is -0.147 e. The van der Waals surface area contributed by atoms with Crippen molar-refractivity contribution in [2.24, 2.45) is 0 Å². The number of rotatable bonds is 6. The number of hydrogen-bond donors (Lipinski definition) is 0. The Morgan fingerprint density at radius 2 is 1.15 bits per heavy atom. The van der Waals surface area contributed by atoms with Crippen LogP contribution >= 0.6 is 19.6 Å². The van der Waals surface area contributed by atoms with Gasteiger partial charge in [0, 0.05) is 0 Å². The van der Waals surface area contributed by atoms with E-state index < -0.39 is 14.4 Å². The predicted octanol–water partition coefficient (Wildman–Crippen LogP) is 9.15. The van der Waals surface area contributed by atoms with Crippen LogP contribution in [0.1, 0.15) is 95.9 Å². The summed E-state index contributed by atoms with van der Waals surface area (Å²) >= 11 is -1.74. The molecule has 0 aromatic heterocycles. The molecule has 0 amide bonds. The van der Waals surface area contributed by atoms with Gasteiger partial charge in [-0.05, 0) is 0 Å². The molecule has 3 rings (SSSR count). The molecule has 185 valence electrons. The van der Waals surface area contributed by atoms with Crippen LogP contribution in [0.5, 0.6) is 11.5 Å². The fourth-order valence-corrected chi connectivity index (χ4v) is 9.73. The second-order valence-electron chi connectivity index (χ2n) is 11.3. The van der Waals surface area contributed by atoms with Crippen molar-refractivity contribution in [1.82, 2.24) is 0 Å². The van der Waals surface area contributed by atoms with Gasteiger partial charge in [-0.2, -0.15) is 0 Å². The van der Waals surface area contributed by atoms with Crippen LogP contribution in [-0.4, -0.2) is 5.66 Å². The van der Waals surface area contributed by atoms with Crippen LogP contribution < -0.4 is 7.58 Å². The third-order valence-corrected chi connectivity index (χ3v) is 11.6. The standard InChI is InChI=1S/2C11H16O.C6H12P.ClH.Cr/c2*1-8-7-9(11(2,3)4)5-6-10(8)12;7-6-4-2-1-3-5-6;;/h2*5-7,12H,1-4H3;6-7H,1-5H2;1H;/q;;-1;;+3/p-2. The van der Waals surface area contributed by atoms with Gasteiger partial charge >= 0.3 is 203 Å². The Bertz CT molecular complexity index is 846. The van der Waals surface area contributed by atoms with E-state index in [0.717, 1.165) is 24.4 Å². The van der Waals surface area contributed by atoms with Crippen molar-refractivity contribution in [3.8, 4) is 11.5 Å². The molecule has 2 nitrogen and oxygen atoms in total. The summed E-state index contributed by atoms with van der Waals surface area (Å²) in [6.45, 7) is 17.9. The van der Waals surface area contributed by atoms with E-state index in [2.05, 4.69) is 91.8 Å². The van der Waals surface area contributed by atoms with Crippen molar-refractivity contribution in [3.63, 3.8) is 0 Å². The zero-order valence-corrected chi connectivity index (χ0v) is 24.8. The van der Waals surface area contributed by atoms with E-state index in [9.17, 15) is 0 Å². The minimum atomic E-state index is -1.74. The topological polar surface area (TPSA) is 18.5 Å². The van der Waals surface area contributed by atoms with E-state index >= 15 is 0 Å². The second-order valence-corrected chi connectivity index (χ2v) is 16.1. The average molecular weight is 530 g/mol. The number of halogens is 1. The third kappa shape index (κ3) is 8.18. The molecule has 0 N–H and O–H groups in total. The van der Waals surface area contributed by atoms with Crippen LogP contribution in [-0.2, 0) is 25.2 Å². The summed E-state index contributed by atoms with van der Waals surface area (Å²) in [6.07, 6.45) is 6.75. The van der Waals surface area contributed by atoms with Crippen LogP contribution in [0.4, 0.5) is 0 Å². The number of benzene rings is 2. The Morgan fingerprint density at radius 1 is 0.727 bits per heavy atom. The Labute approximate surface area is 215 Å². The van der Waals surface area contributed by atoms with Crippen LogP contribution in [0.15, 0.2) is 36.4 Å². The van der Waals surface area contributed by atoms with Gasteiger partial charge in [-0.1, -0.05) is 0 Å². The summed E-state index contributed by atoms with van der Waals surface area (Å²) < 4.78 is 13.4. The van der Waals surface area contributed by atoms with Crippen molar-refractivity contribution < 1.29 is 21.9 Å². The van der Waals surface area contributed by atoms with Gasteiger partial charge < -0.3 is 0 Å². The molecule has 0 heterocycles. The summed E-state index contributed by atoms with van der Waals surface area (Å²) in [5.41, 5.74) is 6.17. The van der Waals surface area contributed by atoms with Crippen molar-refractivity contribution in [1.29, 1.82) is 0 Å². The fraction of sp³-hybridized carbons (Fsp3) is 0.571. The Hall–Kier alpha value is -0.708. The molecule has 1 unspecified atom stereocenters. The zero-order chi connectivity index (χ0) is 23.5. The van der Waals surface area contributed by atoms with E-state index in [4.69, 9.17) is 7.58 Å². The minimum absolute atomic E-state index is 0. The van der Waals surface area contributed by atoms with Crippen LogP contribution in [0.25, 0.3) is 0 Å². The van der Waals surface area contributed by atoms with Crippen LogP contribution in [0.3, 0.4) is 0 Å². The SMILES string of the molecule is Cc1cc(C(C)(C)C)ccc1[O][Cr]([O]c1ccc(C(C)(C)C)cc1C)[PH]C1CCCCC1.Cl. The molecule has 0 aliphatic heterocycles. The molecule has 2 aromatic rings. The molecule has 1 aliphatic carbocycles. The molecule has 0 spiro atoms. The van der Waals surface area contributed by atoms with Gasteiger partial charge in [0.25, 0.3) is 0 Å². The fourth-order valence-electron chi connectivity index (χ4n) is 4.00. The summed E-state index contributed by atoms with van der Waals surface area (Å²) in [5.74, 6) is 1.99. The normalized spacial score (nSPS) is 15.7. The molecular weight excluding hydrogens is 487 g/mol. The predicted molar refractivity (Wildman–Crippen MR) is 143 cm³/mol. The van der Waals surface area contributed by atoms with Gasteiger partial charge in [0.15, 0.2) is 0 Å². The first kappa shape index (κ1) is 28.5. The van der Waals surface area contributed by atoms with Crippen LogP contribution in [0, 0.1) is 13.8 Å². The average Bonchev–Trinajstić information content (AvgIpc) is 2.70. The third-order valence-electron chi connectivity index (χ3n) is 6.28. The first-order valence-corrected chi connectivity index (χ1v) is 16.0. The second kappa shape index (κ2) is 11.8. The van der Waals surface area contributed by atoms with E-state index in [1.165, 1.54) is 54.4 Å². The maximum atomic E-state index is 6.69. The largest absolute Gasteiger partial charge is 0.147 e. The van der Waals surface area contributed by atoms with Crippen LogP contribution in [0.2, 0.25) is 0 Å².